The largest absolute Gasteiger partial charge is 0.309 e. The molecule has 1 aliphatic carbocycles. The van der Waals surface area contributed by atoms with Crippen molar-refractivity contribution < 1.29 is 4.79 Å². The van der Waals surface area contributed by atoms with E-state index in [1.54, 1.807) is 0 Å². The van der Waals surface area contributed by atoms with Crippen LogP contribution in [0.1, 0.15) is 40.4 Å². The van der Waals surface area contributed by atoms with Gasteiger partial charge in [-0.25, -0.2) is 0 Å². The summed E-state index contributed by atoms with van der Waals surface area (Å²) in [5.74, 6) is -0.0142. The molecule has 1 saturated carbocycles. The van der Waals surface area contributed by atoms with Gasteiger partial charge in [-0.05, 0) is 29.2 Å². The van der Waals surface area contributed by atoms with Crippen molar-refractivity contribution >= 4 is 16.7 Å². The van der Waals surface area contributed by atoms with E-state index in [9.17, 15) is 10.1 Å². The molecule has 25 heavy (non-hydrogen) atoms. The first-order valence-electron chi connectivity index (χ1n) is 8.57. The van der Waals surface area contributed by atoms with Crippen molar-refractivity contribution in [2.45, 2.75) is 24.4 Å². The fourth-order valence-electron chi connectivity index (χ4n) is 4.24. The van der Waals surface area contributed by atoms with Gasteiger partial charge in [-0.15, -0.1) is 0 Å². The van der Waals surface area contributed by atoms with Gasteiger partial charge < -0.3 is 4.90 Å². The van der Waals surface area contributed by atoms with Crippen LogP contribution in [0.15, 0.2) is 66.7 Å². The predicted molar refractivity (Wildman–Crippen MR) is 95.8 cm³/mol. The van der Waals surface area contributed by atoms with Gasteiger partial charge in [0.2, 0.25) is 0 Å². The van der Waals surface area contributed by atoms with Crippen LogP contribution in [0.5, 0.6) is 0 Å². The maximum Gasteiger partial charge on any atom is 0.256 e. The molecule has 1 aliphatic heterocycles. The lowest BCUT2D eigenvalue weighted by Gasteiger charge is -2.31. The number of carbonyl (C=O) groups excluding carboxylic acids is 1. The van der Waals surface area contributed by atoms with E-state index in [1.807, 2.05) is 59.5 Å². The van der Waals surface area contributed by atoms with E-state index in [0.717, 1.165) is 34.7 Å². The van der Waals surface area contributed by atoms with E-state index in [1.165, 1.54) is 0 Å². The first kappa shape index (κ1) is 14.2. The second kappa shape index (κ2) is 4.94. The monoisotopic (exact) mass is 324 g/mol. The molecule has 0 N–H and O–H groups in total. The predicted octanol–water partition coefficient (Wildman–Crippen LogP) is 4.55. The van der Waals surface area contributed by atoms with E-state index in [0.29, 0.717) is 5.56 Å². The second-order valence-electron chi connectivity index (χ2n) is 6.86. The number of fused-ring (bicyclic) bond motifs is 3. The Bertz CT molecular complexity index is 1040. The van der Waals surface area contributed by atoms with Crippen molar-refractivity contribution in [3.63, 3.8) is 0 Å². The van der Waals surface area contributed by atoms with Gasteiger partial charge in [0.15, 0.2) is 0 Å². The van der Waals surface area contributed by atoms with E-state index in [-0.39, 0.29) is 11.4 Å². The Morgan fingerprint density at radius 1 is 0.960 bits per heavy atom. The summed E-state index contributed by atoms with van der Waals surface area (Å²) >= 11 is 0. The number of carbonyl (C=O) groups is 1. The minimum Gasteiger partial charge on any atom is -0.309 e. The summed E-state index contributed by atoms with van der Waals surface area (Å²) in [7, 11) is 0. The quantitative estimate of drug-likeness (QED) is 0.694. The van der Waals surface area contributed by atoms with Crippen molar-refractivity contribution in [3.8, 4) is 6.07 Å². The Labute approximate surface area is 146 Å². The maximum absolute atomic E-state index is 13.4. The molecular weight excluding hydrogens is 308 g/mol. The van der Waals surface area contributed by atoms with Gasteiger partial charge in [0, 0.05) is 5.56 Å². The van der Waals surface area contributed by atoms with Crippen LogP contribution in [-0.4, -0.2) is 10.8 Å². The van der Waals surface area contributed by atoms with Crippen molar-refractivity contribution in [2.75, 3.05) is 0 Å². The summed E-state index contributed by atoms with van der Waals surface area (Å²) in [6, 6.07) is 23.8. The normalized spacial score (nSPS) is 20.4. The SMILES string of the molecule is N#CC1c2ccc3ccccc3c2C(=O)N1C1(c2ccccc2)CC1. The van der Waals surface area contributed by atoms with E-state index in [2.05, 4.69) is 18.2 Å². The highest BCUT2D eigenvalue weighted by Gasteiger charge is 2.57. The molecule has 2 aliphatic rings. The molecule has 0 saturated heterocycles. The standard InChI is InChI=1S/C22H16N2O/c23-14-19-18-11-10-15-6-4-5-9-17(15)20(18)21(25)24(19)22(12-13-22)16-7-2-1-3-8-16/h1-11,19H,12-13H2. The van der Waals surface area contributed by atoms with Crippen LogP contribution in [0.25, 0.3) is 10.8 Å². The number of amides is 1. The summed E-state index contributed by atoms with van der Waals surface area (Å²) in [6.07, 6.45) is 1.82. The van der Waals surface area contributed by atoms with Gasteiger partial charge in [-0.3, -0.25) is 4.79 Å². The molecule has 3 aromatic carbocycles. The summed E-state index contributed by atoms with van der Waals surface area (Å²) in [6.45, 7) is 0. The van der Waals surface area contributed by atoms with Gasteiger partial charge in [0.25, 0.3) is 5.91 Å². The third-order valence-electron chi connectivity index (χ3n) is 5.56. The Kier molecular flexibility index (Phi) is 2.81. The zero-order chi connectivity index (χ0) is 17.0. The van der Waals surface area contributed by atoms with Crippen molar-refractivity contribution in [3.05, 3.63) is 83.4 Å². The zero-order valence-corrected chi connectivity index (χ0v) is 13.6. The van der Waals surface area contributed by atoms with Crippen LogP contribution in [0, 0.1) is 11.3 Å². The third kappa shape index (κ3) is 1.82. The van der Waals surface area contributed by atoms with Gasteiger partial charge in [-0.2, -0.15) is 5.26 Å². The molecule has 120 valence electrons. The van der Waals surface area contributed by atoms with Crippen LogP contribution < -0.4 is 0 Å². The lowest BCUT2D eigenvalue weighted by atomic mass is 9.98. The van der Waals surface area contributed by atoms with Gasteiger partial charge in [0.1, 0.15) is 6.04 Å². The number of benzene rings is 3. The minimum absolute atomic E-state index is 0.0142. The Balaban J connectivity index is 1.72. The molecule has 3 heteroatoms. The van der Waals surface area contributed by atoms with E-state index in [4.69, 9.17) is 0 Å². The fraction of sp³-hybridized carbons (Fsp3) is 0.182. The van der Waals surface area contributed by atoms with Crippen molar-refractivity contribution in [2.24, 2.45) is 0 Å². The Morgan fingerprint density at radius 2 is 1.68 bits per heavy atom. The summed E-state index contributed by atoms with van der Waals surface area (Å²) in [5.41, 5.74) is 2.33. The molecule has 1 heterocycles. The molecule has 1 atom stereocenters. The number of nitrogens with zero attached hydrogens (tertiary/aromatic N) is 2. The van der Waals surface area contributed by atoms with Gasteiger partial charge >= 0.3 is 0 Å². The van der Waals surface area contributed by atoms with Gasteiger partial charge in [0.05, 0.1) is 17.2 Å². The molecule has 0 aromatic heterocycles. The Hall–Kier alpha value is -3.12. The highest BCUT2D eigenvalue weighted by molar-refractivity contribution is 6.11. The molecule has 1 unspecified atom stereocenters. The molecule has 3 aromatic rings. The number of nitriles is 1. The molecule has 0 radical (unpaired) electrons. The van der Waals surface area contributed by atoms with Crippen molar-refractivity contribution in [1.82, 2.24) is 4.90 Å². The van der Waals surface area contributed by atoms with Crippen molar-refractivity contribution in [1.29, 1.82) is 5.26 Å². The molecule has 1 fully saturated rings. The fourth-order valence-corrected chi connectivity index (χ4v) is 4.24. The number of hydrogen-bond donors (Lipinski definition) is 0. The summed E-state index contributed by atoms with van der Waals surface area (Å²) in [5, 5.41) is 11.8. The Morgan fingerprint density at radius 3 is 2.40 bits per heavy atom. The van der Waals surface area contributed by atoms with Crippen LogP contribution in [0.4, 0.5) is 0 Å². The summed E-state index contributed by atoms with van der Waals surface area (Å²) < 4.78 is 0. The lowest BCUT2D eigenvalue weighted by molar-refractivity contribution is 0.0637. The maximum atomic E-state index is 13.4. The first-order valence-corrected chi connectivity index (χ1v) is 8.57. The van der Waals surface area contributed by atoms with Crippen LogP contribution in [0.3, 0.4) is 0 Å². The smallest absolute Gasteiger partial charge is 0.256 e. The highest BCUT2D eigenvalue weighted by Crippen LogP contribution is 2.57. The highest BCUT2D eigenvalue weighted by atomic mass is 16.2. The van der Waals surface area contributed by atoms with E-state index < -0.39 is 6.04 Å². The second-order valence-corrected chi connectivity index (χ2v) is 6.86. The minimum atomic E-state index is -0.519. The van der Waals surface area contributed by atoms with Crippen LogP contribution in [-0.2, 0) is 5.54 Å². The number of rotatable bonds is 2. The van der Waals surface area contributed by atoms with Gasteiger partial charge in [-0.1, -0.05) is 66.7 Å². The van der Waals surface area contributed by atoms with Crippen LogP contribution in [0.2, 0.25) is 0 Å². The molecule has 1 amide bonds. The van der Waals surface area contributed by atoms with Crippen LogP contribution >= 0.6 is 0 Å². The zero-order valence-electron chi connectivity index (χ0n) is 13.6. The molecule has 5 rings (SSSR count). The first-order chi connectivity index (χ1) is 12.3. The average molecular weight is 324 g/mol. The molecular formula is C22H16N2O. The molecule has 0 bridgehead atoms. The third-order valence-corrected chi connectivity index (χ3v) is 5.56. The van der Waals surface area contributed by atoms with E-state index >= 15 is 0 Å². The number of hydrogen-bond acceptors (Lipinski definition) is 2. The average Bonchev–Trinajstić information content (AvgIpc) is 3.41. The lowest BCUT2D eigenvalue weighted by Crippen LogP contribution is -2.38. The molecule has 3 nitrogen and oxygen atoms in total. The topological polar surface area (TPSA) is 44.1 Å². The molecule has 0 spiro atoms. The summed E-state index contributed by atoms with van der Waals surface area (Å²) in [4.78, 5) is 15.2.